The molecule has 1 unspecified atom stereocenters. The Hall–Kier alpha value is -2.04. The van der Waals surface area contributed by atoms with E-state index in [9.17, 15) is 9.59 Å². The molecule has 3 N–H and O–H groups in total. The third-order valence-electron chi connectivity index (χ3n) is 2.33. The summed E-state index contributed by atoms with van der Waals surface area (Å²) in [6, 6.07) is 5.54. The Morgan fingerprint density at radius 1 is 1.29 bits per heavy atom. The van der Waals surface area contributed by atoms with Crippen LogP contribution in [0.5, 0.6) is 5.75 Å². The molecule has 1 aromatic carbocycles. The molecule has 0 aliphatic heterocycles. The van der Waals surface area contributed by atoms with Gasteiger partial charge in [-0.25, -0.2) is 0 Å². The molecule has 0 aromatic heterocycles. The molecule has 1 rings (SSSR count). The number of phenolic OH excluding ortho intramolecular Hbond substituents is 1. The van der Waals surface area contributed by atoms with Crippen LogP contribution in [0.4, 0.5) is 0 Å². The minimum absolute atomic E-state index is 0.102. The smallest absolute Gasteiger partial charge is 0.305 e. The Kier molecular flexibility index (Phi) is 4.51. The Morgan fingerprint density at radius 3 is 2.35 bits per heavy atom. The largest absolute Gasteiger partial charge is 0.508 e. The monoisotopic (exact) mass is 237 g/mol. The maximum atomic E-state index is 11.3. The van der Waals surface area contributed by atoms with Crippen LogP contribution in [0.1, 0.15) is 31.4 Å². The van der Waals surface area contributed by atoms with Crippen LogP contribution in [-0.2, 0) is 9.59 Å². The van der Waals surface area contributed by atoms with Gasteiger partial charge in [0, 0.05) is 6.42 Å². The molecule has 5 heteroatoms. The van der Waals surface area contributed by atoms with Gasteiger partial charge in [-0.1, -0.05) is 19.1 Å². The van der Waals surface area contributed by atoms with E-state index < -0.39 is 12.0 Å². The second-order valence-corrected chi connectivity index (χ2v) is 3.66. The van der Waals surface area contributed by atoms with Gasteiger partial charge in [0.1, 0.15) is 5.75 Å². The molecule has 17 heavy (non-hydrogen) atoms. The lowest BCUT2D eigenvalue weighted by Crippen LogP contribution is -2.29. The summed E-state index contributed by atoms with van der Waals surface area (Å²) in [7, 11) is 0. The zero-order valence-corrected chi connectivity index (χ0v) is 9.51. The van der Waals surface area contributed by atoms with Crippen LogP contribution in [0.25, 0.3) is 0 Å². The fraction of sp³-hybridized carbons (Fsp3) is 0.333. The van der Waals surface area contributed by atoms with E-state index in [1.54, 1.807) is 19.1 Å². The first kappa shape index (κ1) is 13.0. The standard InChI is InChI=1S/C12H15NO4/c1-2-11(15)13-10(7-12(16)17)8-3-5-9(14)6-4-8/h3-6,10,14H,2,7H2,1H3,(H,13,15)(H,16,17). The van der Waals surface area contributed by atoms with Gasteiger partial charge < -0.3 is 15.5 Å². The molecule has 1 atom stereocenters. The zero-order valence-electron chi connectivity index (χ0n) is 9.51. The quantitative estimate of drug-likeness (QED) is 0.723. The molecule has 0 saturated carbocycles. The maximum absolute atomic E-state index is 11.3. The number of phenols is 1. The van der Waals surface area contributed by atoms with Gasteiger partial charge >= 0.3 is 5.97 Å². The zero-order chi connectivity index (χ0) is 12.8. The van der Waals surface area contributed by atoms with Crippen LogP contribution in [0.15, 0.2) is 24.3 Å². The molecular weight excluding hydrogens is 222 g/mol. The van der Waals surface area contributed by atoms with Gasteiger partial charge in [-0.05, 0) is 17.7 Å². The van der Waals surface area contributed by atoms with Gasteiger partial charge in [0.2, 0.25) is 5.91 Å². The van der Waals surface area contributed by atoms with Gasteiger partial charge in [-0.3, -0.25) is 9.59 Å². The SMILES string of the molecule is CCC(=O)NC(CC(=O)O)c1ccc(O)cc1. The highest BCUT2D eigenvalue weighted by Crippen LogP contribution is 2.19. The Labute approximate surface area is 99.1 Å². The van der Waals surface area contributed by atoms with Crippen LogP contribution in [0, 0.1) is 0 Å². The number of hydrogen-bond acceptors (Lipinski definition) is 3. The second-order valence-electron chi connectivity index (χ2n) is 3.66. The van der Waals surface area contributed by atoms with Crippen molar-refractivity contribution in [3.63, 3.8) is 0 Å². The third-order valence-corrected chi connectivity index (χ3v) is 2.33. The molecule has 1 aromatic rings. The molecule has 0 spiro atoms. The molecule has 0 heterocycles. The number of aromatic hydroxyl groups is 1. The van der Waals surface area contributed by atoms with Crippen molar-refractivity contribution in [2.45, 2.75) is 25.8 Å². The summed E-state index contributed by atoms with van der Waals surface area (Å²) in [6.45, 7) is 1.70. The first-order valence-corrected chi connectivity index (χ1v) is 5.33. The number of amides is 1. The van der Waals surface area contributed by atoms with E-state index >= 15 is 0 Å². The molecule has 1 amide bonds. The van der Waals surface area contributed by atoms with Crippen molar-refractivity contribution in [1.82, 2.24) is 5.32 Å². The van der Waals surface area contributed by atoms with Crippen LogP contribution >= 0.6 is 0 Å². The van der Waals surface area contributed by atoms with Crippen molar-refractivity contribution in [3.05, 3.63) is 29.8 Å². The maximum Gasteiger partial charge on any atom is 0.305 e. The number of nitrogens with one attached hydrogen (secondary N) is 1. The number of carbonyl (C=O) groups excluding carboxylic acids is 1. The minimum Gasteiger partial charge on any atom is -0.508 e. The molecule has 0 fully saturated rings. The number of carbonyl (C=O) groups is 2. The molecule has 0 radical (unpaired) electrons. The summed E-state index contributed by atoms with van der Waals surface area (Å²) in [5.74, 6) is -1.09. The van der Waals surface area contributed by atoms with Gasteiger partial charge in [0.25, 0.3) is 0 Å². The summed E-state index contributed by atoms with van der Waals surface area (Å²) in [6.07, 6.45) is 0.116. The van der Waals surface area contributed by atoms with E-state index in [0.29, 0.717) is 12.0 Å². The molecule has 0 aliphatic carbocycles. The molecule has 92 valence electrons. The lowest BCUT2D eigenvalue weighted by Gasteiger charge is -2.17. The van der Waals surface area contributed by atoms with Crippen LogP contribution in [0.2, 0.25) is 0 Å². The van der Waals surface area contributed by atoms with E-state index in [1.165, 1.54) is 12.1 Å². The molecule has 0 aliphatic rings. The Bertz CT molecular complexity index is 399. The second kappa shape index (κ2) is 5.89. The van der Waals surface area contributed by atoms with Crippen molar-refractivity contribution in [3.8, 4) is 5.75 Å². The Balaban J connectivity index is 2.85. The van der Waals surface area contributed by atoms with Crippen molar-refractivity contribution < 1.29 is 19.8 Å². The highest BCUT2D eigenvalue weighted by Gasteiger charge is 2.17. The number of carboxylic acids is 1. The predicted molar refractivity (Wildman–Crippen MR) is 61.5 cm³/mol. The predicted octanol–water partition coefficient (Wildman–Crippen LogP) is 1.43. The first-order valence-electron chi connectivity index (χ1n) is 5.33. The fourth-order valence-corrected chi connectivity index (χ4v) is 1.43. The minimum atomic E-state index is -0.987. The van der Waals surface area contributed by atoms with Gasteiger partial charge in [-0.2, -0.15) is 0 Å². The highest BCUT2D eigenvalue weighted by atomic mass is 16.4. The normalized spacial score (nSPS) is 11.8. The fourth-order valence-electron chi connectivity index (χ4n) is 1.43. The van der Waals surface area contributed by atoms with E-state index in [0.717, 1.165) is 0 Å². The molecule has 0 saturated heterocycles. The third kappa shape index (κ3) is 4.14. The average molecular weight is 237 g/mol. The summed E-state index contributed by atoms with van der Waals surface area (Å²) >= 11 is 0. The van der Waals surface area contributed by atoms with Crippen molar-refractivity contribution in [2.75, 3.05) is 0 Å². The van der Waals surface area contributed by atoms with Crippen LogP contribution < -0.4 is 5.32 Å². The summed E-state index contributed by atoms with van der Waals surface area (Å²) < 4.78 is 0. The van der Waals surface area contributed by atoms with Crippen molar-refractivity contribution in [2.24, 2.45) is 0 Å². The van der Waals surface area contributed by atoms with Crippen LogP contribution in [0.3, 0.4) is 0 Å². The number of hydrogen-bond donors (Lipinski definition) is 3. The molecule has 0 bridgehead atoms. The van der Waals surface area contributed by atoms with E-state index in [4.69, 9.17) is 10.2 Å². The lowest BCUT2D eigenvalue weighted by atomic mass is 10.0. The lowest BCUT2D eigenvalue weighted by molar-refractivity contribution is -0.137. The van der Waals surface area contributed by atoms with E-state index in [2.05, 4.69) is 5.32 Å². The Morgan fingerprint density at radius 2 is 1.88 bits per heavy atom. The van der Waals surface area contributed by atoms with Crippen molar-refractivity contribution in [1.29, 1.82) is 0 Å². The van der Waals surface area contributed by atoms with Gasteiger partial charge in [0.05, 0.1) is 12.5 Å². The number of rotatable bonds is 5. The highest BCUT2D eigenvalue weighted by molar-refractivity contribution is 5.77. The summed E-state index contributed by atoms with van der Waals surface area (Å²) in [4.78, 5) is 22.0. The molecular formula is C12H15NO4. The van der Waals surface area contributed by atoms with Crippen molar-refractivity contribution >= 4 is 11.9 Å². The van der Waals surface area contributed by atoms with Gasteiger partial charge in [0.15, 0.2) is 0 Å². The van der Waals surface area contributed by atoms with Crippen LogP contribution in [-0.4, -0.2) is 22.1 Å². The van der Waals surface area contributed by atoms with E-state index in [1.807, 2.05) is 0 Å². The summed E-state index contributed by atoms with van der Waals surface area (Å²) in [5, 5.41) is 20.6. The number of aliphatic carboxylic acids is 1. The first-order chi connectivity index (χ1) is 8.02. The number of carboxylic acid groups (broad SMARTS) is 1. The van der Waals surface area contributed by atoms with E-state index in [-0.39, 0.29) is 18.1 Å². The molecule has 5 nitrogen and oxygen atoms in total. The summed E-state index contributed by atoms with van der Waals surface area (Å²) in [5.41, 5.74) is 0.659. The topological polar surface area (TPSA) is 86.6 Å². The van der Waals surface area contributed by atoms with Gasteiger partial charge in [-0.15, -0.1) is 0 Å². The average Bonchev–Trinajstić information content (AvgIpc) is 2.28. The number of benzene rings is 1.